The average Bonchev–Trinajstić information content (AvgIpc) is 3.48. The van der Waals surface area contributed by atoms with E-state index in [1.54, 1.807) is 28.4 Å². The Morgan fingerprint density at radius 3 is 2.39 bits per heavy atom. The van der Waals surface area contributed by atoms with Crippen molar-refractivity contribution in [1.29, 1.82) is 0 Å². The van der Waals surface area contributed by atoms with Gasteiger partial charge in [0.1, 0.15) is 11.6 Å². The number of piperidine rings is 1. The van der Waals surface area contributed by atoms with Gasteiger partial charge in [-0.3, -0.25) is 9.59 Å². The van der Waals surface area contributed by atoms with E-state index in [1.165, 1.54) is 40.5 Å². The summed E-state index contributed by atoms with van der Waals surface area (Å²) in [5, 5.41) is 13.0. The van der Waals surface area contributed by atoms with E-state index in [0.29, 0.717) is 23.9 Å². The molecule has 2 aromatic heterocycles. The molecule has 4 rings (SSSR count). The number of sulfonamides is 1. The van der Waals surface area contributed by atoms with Gasteiger partial charge in [0, 0.05) is 29.9 Å². The summed E-state index contributed by atoms with van der Waals surface area (Å²) in [5.74, 6) is -1.31. The molecule has 1 aliphatic heterocycles. The van der Waals surface area contributed by atoms with E-state index in [1.807, 2.05) is 20.8 Å². The summed E-state index contributed by atoms with van der Waals surface area (Å²) in [5.41, 5.74) is -0.496. The molecule has 1 fully saturated rings. The summed E-state index contributed by atoms with van der Waals surface area (Å²) in [6.45, 7) is 6.61. The van der Waals surface area contributed by atoms with Gasteiger partial charge in [-0.05, 0) is 76.6 Å². The minimum atomic E-state index is -4.06. The molecule has 0 unspecified atom stereocenters. The van der Waals surface area contributed by atoms with Crippen molar-refractivity contribution >= 4 is 60.1 Å². The van der Waals surface area contributed by atoms with Gasteiger partial charge in [0.05, 0.1) is 13.8 Å². The Labute approximate surface area is 247 Å². The lowest BCUT2D eigenvalue weighted by Crippen LogP contribution is -2.48. The number of carbonyl (C=O) groups excluding carboxylic acids is 2. The number of amides is 2. The topological polar surface area (TPSA) is 142 Å². The second kappa shape index (κ2) is 12.9. The van der Waals surface area contributed by atoms with Crippen LogP contribution in [-0.2, 0) is 26.0 Å². The van der Waals surface area contributed by atoms with E-state index >= 15 is 0 Å². The first-order chi connectivity index (χ1) is 19.3. The highest BCUT2D eigenvalue weighted by molar-refractivity contribution is 7.89. The van der Waals surface area contributed by atoms with Gasteiger partial charge in [-0.25, -0.2) is 13.2 Å². The average molecular weight is 622 g/mol. The number of fused-ring (bicyclic) bond motifs is 1. The largest absolute Gasteiger partial charge is 0.480 e. The zero-order chi connectivity index (χ0) is 29.8. The lowest BCUT2D eigenvalue weighted by molar-refractivity contribution is -0.138. The Kier molecular flexibility index (Phi) is 9.73. The van der Waals surface area contributed by atoms with Crippen LogP contribution in [-0.4, -0.2) is 67.7 Å². The smallest absolute Gasteiger partial charge is 0.410 e. The van der Waals surface area contributed by atoms with E-state index in [9.17, 15) is 27.9 Å². The first-order valence-electron chi connectivity index (χ1n) is 13.4. The molecule has 1 atom stereocenters. The van der Waals surface area contributed by atoms with Crippen molar-refractivity contribution in [1.82, 2.24) is 14.9 Å². The van der Waals surface area contributed by atoms with E-state index in [2.05, 4.69) is 16.1 Å². The second-order valence-corrected chi connectivity index (χ2v) is 15.2. The minimum absolute atomic E-state index is 0.0573. The van der Waals surface area contributed by atoms with Crippen LogP contribution in [0.4, 0.5) is 4.79 Å². The fourth-order valence-electron chi connectivity index (χ4n) is 4.52. The summed E-state index contributed by atoms with van der Waals surface area (Å²) in [6, 6.07) is 9.79. The number of hydrogen-bond acceptors (Lipinski definition) is 8. The number of hydrogen-bond donors (Lipinski definition) is 3. The van der Waals surface area contributed by atoms with Crippen LogP contribution in [0.15, 0.2) is 47.4 Å². The second-order valence-electron chi connectivity index (χ2n) is 11.1. The number of aryl methyl sites for hydroxylation is 1. The third kappa shape index (κ3) is 8.51. The van der Waals surface area contributed by atoms with Crippen molar-refractivity contribution in [2.75, 3.05) is 19.6 Å². The SMILES string of the molecule is CC(C)(C)OC(=O)N1CCC(CCc2cc3cc(C(=O)NC[C@@H](NS(=O)(=O)c4ccccc4)C(=O)O)sc3s2)CC1. The molecule has 0 aliphatic carbocycles. The highest BCUT2D eigenvalue weighted by Gasteiger charge is 2.28. The molecule has 0 radical (unpaired) electrons. The molecule has 0 bridgehead atoms. The number of carboxylic acids is 1. The molecule has 1 saturated heterocycles. The zero-order valence-corrected chi connectivity index (χ0v) is 25.7. The van der Waals surface area contributed by atoms with E-state index in [4.69, 9.17) is 4.74 Å². The van der Waals surface area contributed by atoms with Gasteiger partial charge in [0.15, 0.2) is 0 Å². The van der Waals surface area contributed by atoms with Gasteiger partial charge in [0.25, 0.3) is 5.91 Å². The predicted molar refractivity (Wildman–Crippen MR) is 159 cm³/mol. The van der Waals surface area contributed by atoms with E-state index in [-0.39, 0.29) is 11.0 Å². The van der Waals surface area contributed by atoms with Crippen LogP contribution in [0.5, 0.6) is 0 Å². The van der Waals surface area contributed by atoms with Crippen LogP contribution in [0.1, 0.15) is 54.6 Å². The highest BCUT2D eigenvalue weighted by Crippen LogP contribution is 2.35. The Balaban J connectivity index is 1.26. The summed E-state index contributed by atoms with van der Waals surface area (Å²) in [4.78, 5) is 40.1. The maximum Gasteiger partial charge on any atom is 0.410 e. The number of aliphatic carboxylic acids is 1. The van der Waals surface area contributed by atoms with Gasteiger partial charge in [0.2, 0.25) is 10.0 Å². The van der Waals surface area contributed by atoms with Gasteiger partial charge < -0.3 is 20.1 Å². The fraction of sp³-hybridized carbons (Fsp3) is 0.464. The number of rotatable bonds is 10. The molecule has 0 spiro atoms. The number of nitrogens with zero attached hydrogens (tertiary/aromatic N) is 1. The molecular weight excluding hydrogens is 587 g/mol. The maximum absolute atomic E-state index is 12.7. The Hall–Kier alpha value is -3.00. The molecule has 1 aliphatic rings. The fourth-order valence-corrected chi connectivity index (χ4v) is 8.15. The summed E-state index contributed by atoms with van der Waals surface area (Å²) >= 11 is 2.97. The van der Waals surface area contributed by atoms with Gasteiger partial charge in [-0.15, -0.1) is 22.7 Å². The number of carboxylic acid groups (broad SMARTS) is 1. The quantitative estimate of drug-likeness (QED) is 0.298. The van der Waals surface area contributed by atoms with Crippen LogP contribution in [0, 0.1) is 5.92 Å². The maximum atomic E-state index is 12.7. The molecule has 2 amide bonds. The van der Waals surface area contributed by atoms with Crippen molar-refractivity contribution in [3.05, 3.63) is 52.2 Å². The monoisotopic (exact) mass is 621 g/mol. The van der Waals surface area contributed by atoms with E-state index in [0.717, 1.165) is 35.1 Å². The molecule has 222 valence electrons. The van der Waals surface area contributed by atoms with Crippen LogP contribution < -0.4 is 10.0 Å². The standard InChI is InChI=1S/C28H35N3O7S3/c1-28(2,3)38-27(35)31-13-11-18(12-14-31)9-10-20-15-19-16-23(40-26(19)39-20)24(32)29-17-22(25(33)34)30-41(36,37)21-7-5-4-6-8-21/h4-8,15-16,18,22,30H,9-14,17H2,1-3H3,(H,29,32)(H,33,34)/t22-/m1/s1. The predicted octanol–water partition coefficient (Wildman–Crippen LogP) is 4.70. The van der Waals surface area contributed by atoms with Crippen LogP contribution in [0.25, 0.3) is 9.40 Å². The molecule has 0 saturated carbocycles. The molecule has 3 aromatic rings. The minimum Gasteiger partial charge on any atom is -0.480 e. The lowest BCUT2D eigenvalue weighted by atomic mass is 9.92. The third-order valence-corrected chi connectivity index (χ3v) is 10.6. The summed E-state index contributed by atoms with van der Waals surface area (Å²) in [7, 11) is -4.06. The number of carbonyl (C=O) groups is 3. The number of benzene rings is 1. The van der Waals surface area contributed by atoms with Gasteiger partial charge in [-0.1, -0.05) is 18.2 Å². The van der Waals surface area contributed by atoms with Crippen molar-refractivity contribution in [3.63, 3.8) is 0 Å². The van der Waals surface area contributed by atoms with Crippen molar-refractivity contribution in [2.24, 2.45) is 5.92 Å². The number of nitrogens with one attached hydrogen (secondary N) is 2. The molecular formula is C28H35N3O7S3. The summed E-state index contributed by atoms with van der Waals surface area (Å²) < 4.78 is 33.6. The molecule has 41 heavy (non-hydrogen) atoms. The molecule has 1 aromatic carbocycles. The lowest BCUT2D eigenvalue weighted by Gasteiger charge is -2.33. The van der Waals surface area contributed by atoms with Crippen LogP contribution in [0.3, 0.4) is 0 Å². The zero-order valence-electron chi connectivity index (χ0n) is 23.2. The molecule has 13 heteroatoms. The highest BCUT2D eigenvalue weighted by atomic mass is 32.2. The van der Waals surface area contributed by atoms with Gasteiger partial charge >= 0.3 is 12.1 Å². The number of likely N-dealkylation sites (tertiary alicyclic amines) is 1. The van der Waals surface area contributed by atoms with Crippen LogP contribution in [0.2, 0.25) is 0 Å². The molecule has 3 N–H and O–H groups in total. The third-order valence-electron chi connectivity index (χ3n) is 6.67. The number of thiophene rings is 2. The summed E-state index contributed by atoms with van der Waals surface area (Å²) in [6.07, 6.45) is 3.59. The van der Waals surface area contributed by atoms with Gasteiger partial charge in [-0.2, -0.15) is 4.72 Å². The van der Waals surface area contributed by atoms with Crippen LogP contribution >= 0.6 is 22.7 Å². The Morgan fingerprint density at radius 1 is 1.10 bits per heavy atom. The molecule has 10 nitrogen and oxygen atoms in total. The Bertz CT molecular complexity index is 1450. The normalized spacial score (nSPS) is 15.5. The first-order valence-corrected chi connectivity index (χ1v) is 16.5. The number of ether oxygens (including phenoxy) is 1. The van der Waals surface area contributed by atoms with Crippen molar-refractivity contribution in [3.8, 4) is 0 Å². The first kappa shape index (κ1) is 30.9. The van der Waals surface area contributed by atoms with Crippen molar-refractivity contribution in [2.45, 2.75) is 63.0 Å². The Morgan fingerprint density at radius 2 is 1.78 bits per heavy atom. The molecule has 3 heterocycles. The van der Waals surface area contributed by atoms with E-state index < -0.39 is 40.1 Å². The van der Waals surface area contributed by atoms with Crippen molar-refractivity contribution < 1.29 is 32.6 Å².